The van der Waals surface area contributed by atoms with Crippen LogP contribution in [0.15, 0.2) is 18.2 Å². The Hall–Kier alpha value is -1.13. The van der Waals surface area contributed by atoms with Crippen molar-refractivity contribution in [1.29, 1.82) is 0 Å². The van der Waals surface area contributed by atoms with Crippen LogP contribution in [0.1, 0.15) is 32.8 Å². The number of nitrogens with one attached hydrogen (secondary N) is 1. The molecule has 0 aromatic heterocycles. The lowest BCUT2D eigenvalue weighted by molar-refractivity contribution is 0.196. The van der Waals surface area contributed by atoms with Crippen molar-refractivity contribution in [2.45, 2.75) is 39.3 Å². The number of benzene rings is 1. The minimum Gasteiger partial charge on any atom is -0.385 e. The van der Waals surface area contributed by atoms with Gasteiger partial charge in [0, 0.05) is 39.4 Å². The molecular formula is C16H27FN2O. The lowest BCUT2D eigenvalue weighted by atomic mass is 10.1. The monoisotopic (exact) mass is 282 g/mol. The molecule has 1 aromatic carbocycles. The summed E-state index contributed by atoms with van der Waals surface area (Å²) in [7, 11) is 3.61. The highest BCUT2D eigenvalue weighted by Crippen LogP contribution is 2.24. The number of rotatable bonds is 7. The molecular weight excluding hydrogens is 255 g/mol. The Kier molecular flexibility index (Phi) is 6.43. The van der Waals surface area contributed by atoms with E-state index in [0.717, 1.165) is 18.5 Å². The molecule has 0 atom stereocenters. The summed E-state index contributed by atoms with van der Waals surface area (Å²) in [5, 5.41) is 3.41. The quantitative estimate of drug-likeness (QED) is 0.777. The third-order valence-corrected chi connectivity index (χ3v) is 3.10. The number of nitrogens with zero attached hydrogens (tertiary/aromatic N) is 1. The van der Waals surface area contributed by atoms with Gasteiger partial charge in [-0.15, -0.1) is 0 Å². The fraction of sp³-hybridized carbons (Fsp3) is 0.625. The predicted octanol–water partition coefficient (Wildman–Crippen LogP) is 3.19. The van der Waals surface area contributed by atoms with Gasteiger partial charge in [-0.25, -0.2) is 4.39 Å². The minimum absolute atomic E-state index is 0.0121. The molecule has 0 radical (unpaired) electrons. The second kappa shape index (κ2) is 7.60. The summed E-state index contributed by atoms with van der Waals surface area (Å²) in [6.45, 7) is 8.44. The van der Waals surface area contributed by atoms with Crippen LogP contribution in [0, 0.1) is 5.82 Å². The van der Waals surface area contributed by atoms with Crippen LogP contribution in [-0.2, 0) is 11.3 Å². The first kappa shape index (κ1) is 16.9. The molecule has 20 heavy (non-hydrogen) atoms. The van der Waals surface area contributed by atoms with Gasteiger partial charge >= 0.3 is 0 Å². The molecule has 0 spiro atoms. The Labute approximate surface area is 122 Å². The van der Waals surface area contributed by atoms with Crippen molar-refractivity contribution in [3.05, 3.63) is 29.6 Å². The Morgan fingerprint density at radius 1 is 1.30 bits per heavy atom. The fourth-order valence-corrected chi connectivity index (χ4v) is 2.05. The van der Waals surface area contributed by atoms with E-state index in [9.17, 15) is 4.39 Å². The number of anilines is 1. The Bertz CT molecular complexity index is 415. The molecule has 0 aliphatic rings. The Morgan fingerprint density at radius 3 is 2.60 bits per heavy atom. The number of para-hydroxylation sites is 1. The van der Waals surface area contributed by atoms with E-state index in [-0.39, 0.29) is 11.4 Å². The molecule has 0 heterocycles. The first-order valence-corrected chi connectivity index (χ1v) is 7.07. The van der Waals surface area contributed by atoms with Gasteiger partial charge < -0.3 is 15.0 Å². The van der Waals surface area contributed by atoms with E-state index in [4.69, 9.17) is 4.74 Å². The topological polar surface area (TPSA) is 24.5 Å². The summed E-state index contributed by atoms with van der Waals surface area (Å²) < 4.78 is 19.2. The highest BCUT2D eigenvalue weighted by molar-refractivity contribution is 5.54. The number of methoxy groups -OCH3 is 1. The maximum absolute atomic E-state index is 14.1. The third-order valence-electron chi connectivity index (χ3n) is 3.10. The smallest absolute Gasteiger partial charge is 0.146 e. The van der Waals surface area contributed by atoms with Crippen molar-refractivity contribution >= 4 is 5.69 Å². The van der Waals surface area contributed by atoms with Gasteiger partial charge in [0.05, 0.1) is 5.69 Å². The normalized spacial score (nSPS) is 11.7. The largest absolute Gasteiger partial charge is 0.385 e. The summed E-state index contributed by atoms with van der Waals surface area (Å²) >= 11 is 0. The second-order valence-corrected chi connectivity index (χ2v) is 6.12. The van der Waals surface area contributed by atoms with E-state index in [1.165, 1.54) is 6.07 Å². The molecule has 1 N–H and O–H groups in total. The standard InChI is InChI=1S/C16H27FN2O/c1-16(2,3)18-12-13-8-6-9-14(17)15(13)19(4)10-7-11-20-5/h6,8-9,18H,7,10-12H2,1-5H3. The number of hydrogen-bond donors (Lipinski definition) is 1. The maximum atomic E-state index is 14.1. The highest BCUT2D eigenvalue weighted by atomic mass is 19.1. The van der Waals surface area contributed by atoms with E-state index in [2.05, 4.69) is 26.1 Å². The van der Waals surface area contributed by atoms with Gasteiger partial charge in [-0.05, 0) is 38.8 Å². The minimum atomic E-state index is -0.168. The van der Waals surface area contributed by atoms with Gasteiger partial charge in [-0.2, -0.15) is 0 Å². The highest BCUT2D eigenvalue weighted by Gasteiger charge is 2.15. The molecule has 1 rings (SSSR count). The molecule has 4 heteroatoms. The van der Waals surface area contributed by atoms with Crippen LogP contribution >= 0.6 is 0 Å². The summed E-state index contributed by atoms with van der Waals surface area (Å²) in [5.41, 5.74) is 1.68. The van der Waals surface area contributed by atoms with Crippen LogP contribution in [-0.4, -0.2) is 32.8 Å². The zero-order valence-electron chi connectivity index (χ0n) is 13.3. The fourth-order valence-electron chi connectivity index (χ4n) is 2.05. The zero-order chi connectivity index (χ0) is 15.2. The van der Waals surface area contributed by atoms with Crippen molar-refractivity contribution in [1.82, 2.24) is 5.32 Å². The summed E-state index contributed by atoms with van der Waals surface area (Å²) in [6.07, 6.45) is 0.882. The first-order valence-electron chi connectivity index (χ1n) is 7.07. The van der Waals surface area contributed by atoms with E-state index in [0.29, 0.717) is 18.8 Å². The molecule has 114 valence electrons. The van der Waals surface area contributed by atoms with E-state index < -0.39 is 0 Å². The van der Waals surface area contributed by atoms with Gasteiger partial charge in [0.25, 0.3) is 0 Å². The van der Waals surface area contributed by atoms with Crippen molar-refractivity contribution in [3.8, 4) is 0 Å². The van der Waals surface area contributed by atoms with Gasteiger partial charge in [-0.3, -0.25) is 0 Å². The number of hydrogen-bond acceptors (Lipinski definition) is 3. The van der Waals surface area contributed by atoms with Crippen LogP contribution in [0.25, 0.3) is 0 Å². The van der Waals surface area contributed by atoms with Gasteiger partial charge in [-0.1, -0.05) is 12.1 Å². The summed E-state index contributed by atoms with van der Waals surface area (Å²) in [4.78, 5) is 1.97. The van der Waals surface area contributed by atoms with Crippen LogP contribution in [0.5, 0.6) is 0 Å². The Balaban J connectivity index is 2.82. The third kappa shape index (κ3) is 5.47. The summed E-state index contributed by atoms with van der Waals surface area (Å²) in [5.74, 6) is -0.168. The molecule has 3 nitrogen and oxygen atoms in total. The lowest BCUT2D eigenvalue weighted by Gasteiger charge is -2.26. The molecule has 0 aliphatic heterocycles. The van der Waals surface area contributed by atoms with Crippen molar-refractivity contribution in [2.75, 3.05) is 32.2 Å². The zero-order valence-corrected chi connectivity index (χ0v) is 13.3. The second-order valence-electron chi connectivity index (χ2n) is 6.12. The molecule has 0 saturated heterocycles. The first-order chi connectivity index (χ1) is 9.35. The number of halogens is 1. The average Bonchev–Trinajstić information content (AvgIpc) is 2.35. The molecule has 0 saturated carbocycles. The van der Waals surface area contributed by atoms with Gasteiger partial charge in [0.1, 0.15) is 5.82 Å². The van der Waals surface area contributed by atoms with Crippen molar-refractivity contribution < 1.29 is 9.13 Å². The van der Waals surface area contributed by atoms with Crippen LogP contribution in [0.3, 0.4) is 0 Å². The molecule has 0 aliphatic carbocycles. The lowest BCUT2D eigenvalue weighted by Crippen LogP contribution is -2.35. The van der Waals surface area contributed by atoms with Crippen LogP contribution < -0.4 is 10.2 Å². The van der Waals surface area contributed by atoms with Crippen LogP contribution in [0.4, 0.5) is 10.1 Å². The molecule has 1 aromatic rings. The average molecular weight is 282 g/mol. The number of ether oxygens (including phenoxy) is 1. The summed E-state index contributed by atoms with van der Waals surface area (Å²) in [6, 6.07) is 5.26. The van der Waals surface area contributed by atoms with E-state index in [1.807, 2.05) is 18.0 Å². The van der Waals surface area contributed by atoms with E-state index in [1.54, 1.807) is 13.2 Å². The molecule has 0 unspecified atom stereocenters. The van der Waals surface area contributed by atoms with Crippen LogP contribution in [0.2, 0.25) is 0 Å². The van der Waals surface area contributed by atoms with E-state index >= 15 is 0 Å². The molecule has 0 bridgehead atoms. The predicted molar refractivity (Wildman–Crippen MR) is 82.8 cm³/mol. The van der Waals surface area contributed by atoms with Crippen molar-refractivity contribution in [3.63, 3.8) is 0 Å². The van der Waals surface area contributed by atoms with Crippen molar-refractivity contribution in [2.24, 2.45) is 0 Å². The van der Waals surface area contributed by atoms with Gasteiger partial charge in [0.15, 0.2) is 0 Å². The SMILES string of the molecule is COCCCN(C)c1c(F)cccc1CNC(C)(C)C. The molecule has 0 amide bonds. The van der Waals surface area contributed by atoms with Gasteiger partial charge in [0.2, 0.25) is 0 Å². The maximum Gasteiger partial charge on any atom is 0.146 e. The molecule has 0 fully saturated rings. The Morgan fingerprint density at radius 2 is 2.00 bits per heavy atom.